The Bertz CT molecular complexity index is 1000. The van der Waals surface area contributed by atoms with Crippen LogP contribution in [0.3, 0.4) is 0 Å². The molecule has 1 heterocycles. The van der Waals surface area contributed by atoms with Crippen molar-refractivity contribution in [3.63, 3.8) is 0 Å². The number of amides is 3. The van der Waals surface area contributed by atoms with Gasteiger partial charge in [0.1, 0.15) is 0 Å². The zero-order chi connectivity index (χ0) is 20.7. The number of nitrogens with zero attached hydrogens (tertiary/aromatic N) is 1. The van der Waals surface area contributed by atoms with Gasteiger partial charge in [0.05, 0.1) is 16.8 Å². The van der Waals surface area contributed by atoms with Crippen LogP contribution in [0.1, 0.15) is 74.8 Å². The van der Waals surface area contributed by atoms with Gasteiger partial charge in [0.2, 0.25) is 0 Å². The van der Waals surface area contributed by atoms with Gasteiger partial charge in [-0.15, -0.1) is 0 Å². The lowest BCUT2D eigenvalue weighted by molar-refractivity contribution is 0.0915. The fraction of sp³-hybridized carbons (Fsp3) is 0.375. The van der Waals surface area contributed by atoms with E-state index >= 15 is 0 Å². The number of carbonyl (C=O) groups is 3. The van der Waals surface area contributed by atoms with Gasteiger partial charge >= 0.3 is 0 Å². The van der Waals surface area contributed by atoms with Crippen LogP contribution >= 0.6 is 0 Å². The highest BCUT2D eigenvalue weighted by Crippen LogP contribution is 2.32. The summed E-state index contributed by atoms with van der Waals surface area (Å²) in [6.45, 7) is 6.04. The summed E-state index contributed by atoms with van der Waals surface area (Å²) in [5, 5.41) is 3.08. The molecule has 0 aromatic heterocycles. The van der Waals surface area contributed by atoms with E-state index in [1.54, 1.807) is 18.2 Å². The predicted octanol–water partition coefficient (Wildman–Crippen LogP) is 4.41. The molecule has 5 heteroatoms. The molecule has 0 unspecified atom stereocenters. The summed E-state index contributed by atoms with van der Waals surface area (Å²) in [5.74, 6) is -0.188. The number of benzene rings is 2. The van der Waals surface area contributed by atoms with Crippen LogP contribution in [0.25, 0.3) is 0 Å². The number of hydrogen-bond acceptors (Lipinski definition) is 3. The Kier molecular flexibility index (Phi) is 4.99. The van der Waals surface area contributed by atoms with Crippen LogP contribution in [0, 0.1) is 19.8 Å². The van der Waals surface area contributed by atoms with E-state index in [0.29, 0.717) is 28.3 Å². The molecule has 1 N–H and O–H groups in total. The van der Waals surface area contributed by atoms with Crippen LogP contribution in [0.5, 0.6) is 0 Å². The monoisotopic (exact) mass is 390 g/mol. The third kappa shape index (κ3) is 3.57. The van der Waals surface area contributed by atoms with Gasteiger partial charge in [0.15, 0.2) is 0 Å². The normalized spacial score (nSPS) is 21.3. The molecule has 1 aliphatic heterocycles. The molecule has 1 fully saturated rings. The summed E-state index contributed by atoms with van der Waals surface area (Å²) in [6.07, 6.45) is 4.20. The standard InChI is InChI=1S/C24H26N2O3/c1-14-5-9-18(10-6-14)25-22(27)17-8-11-19-20(13-17)24(29)26(23(19)28)21-12-15(2)4-7-16(21)3/h4,7-8,11-14,18H,5-6,9-10H2,1-3H3,(H,25,27). The molecule has 4 rings (SSSR count). The minimum absolute atomic E-state index is 0.177. The molecule has 0 radical (unpaired) electrons. The lowest BCUT2D eigenvalue weighted by Crippen LogP contribution is -2.37. The summed E-state index contributed by atoms with van der Waals surface area (Å²) in [5.41, 5.74) is 3.49. The molecular weight excluding hydrogens is 364 g/mol. The number of imide groups is 1. The maximum absolute atomic E-state index is 13.0. The molecular formula is C24H26N2O3. The number of anilines is 1. The fourth-order valence-corrected chi connectivity index (χ4v) is 4.23. The van der Waals surface area contributed by atoms with Gasteiger partial charge in [-0.3, -0.25) is 14.4 Å². The van der Waals surface area contributed by atoms with Gasteiger partial charge in [-0.1, -0.05) is 19.1 Å². The van der Waals surface area contributed by atoms with Gasteiger partial charge in [0.25, 0.3) is 17.7 Å². The summed E-state index contributed by atoms with van der Waals surface area (Å²) >= 11 is 0. The van der Waals surface area contributed by atoms with Crippen LogP contribution in [0.15, 0.2) is 36.4 Å². The Morgan fingerprint density at radius 3 is 2.34 bits per heavy atom. The van der Waals surface area contributed by atoms with Crippen LogP contribution in [0.2, 0.25) is 0 Å². The first-order valence-electron chi connectivity index (χ1n) is 10.3. The molecule has 2 aliphatic rings. The molecule has 1 aliphatic carbocycles. The first-order valence-corrected chi connectivity index (χ1v) is 10.3. The van der Waals surface area contributed by atoms with Crippen molar-refractivity contribution >= 4 is 23.4 Å². The Morgan fingerprint density at radius 1 is 0.931 bits per heavy atom. The number of carbonyl (C=O) groups excluding carboxylic acids is 3. The van der Waals surface area contributed by atoms with Crippen molar-refractivity contribution in [2.45, 2.75) is 52.5 Å². The smallest absolute Gasteiger partial charge is 0.266 e. The summed E-state index contributed by atoms with van der Waals surface area (Å²) < 4.78 is 0. The van der Waals surface area contributed by atoms with Crippen LogP contribution in [-0.2, 0) is 0 Å². The zero-order valence-electron chi connectivity index (χ0n) is 17.1. The SMILES string of the molecule is Cc1ccc(C)c(N2C(=O)c3ccc(C(=O)NC4CCC(C)CC4)cc3C2=O)c1. The van der Waals surface area contributed by atoms with Gasteiger partial charge in [-0.25, -0.2) is 4.90 Å². The topological polar surface area (TPSA) is 66.5 Å². The summed E-state index contributed by atoms with van der Waals surface area (Å²) in [7, 11) is 0. The van der Waals surface area contributed by atoms with Crippen LogP contribution in [0.4, 0.5) is 5.69 Å². The lowest BCUT2D eigenvalue weighted by Gasteiger charge is -2.26. The fourth-order valence-electron chi connectivity index (χ4n) is 4.23. The van der Waals surface area contributed by atoms with Crippen LogP contribution in [-0.4, -0.2) is 23.8 Å². The van der Waals surface area contributed by atoms with E-state index in [-0.39, 0.29) is 23.8 Å². The van der Waals surface area contributed by atoms with Crippen molar-refractivity contribution in [2.75, 3.05) is 4.90 Å². The minimum atomic E-state index is -0.375. The average Bonchev–Trinajstić information content (AvgIpc) is 2.95. The molecule has 0 atom stereocenters. The Hall–Kier alpha value is -2.95. The van der Waals surface area contributed by atoms with Crippen molar-refractivity contribution < 1.29 is 14.4 Å². The molecule has 0 bridgehead atoms. The van der Waals surface area contributed by atoms with Crippen molar-refractivity contribution in [2.24, 2.45) is 5.92 Å². The quantitative estimate of drug-likeness (QED) is 0.790. The van der Waals surface area contributed by atoms with Gasteiger partial charge in [0, 0.05) is 11.6 Å². The molecule has 2 aromatic carbocycles. The second kappa shape index (κ2) is 7.47. The highest BCUT2D eigenvalue weighted by atomic mass is 16.2. The van der Waals surface area contributed by atoms with Crippen molar-refractivity contribution in [3.05, 3.63) is 64.2 Å². The number of rotatable bonds is 3. The Balaban J connectivity index is 1.58. The minimum Gasteiger partial charge on any atom is -0.349 e. The average molecular weight is 390 g/mol. The maximum Gasteiger partial charge on any atom is 0.266 e. The van der Waals surface area contributed by atoms with E-state index < -0.39 is 0 Å². The molecule has 0 saturated heterocycles. The van der Waals surface area contributed by atoms with E-state index in [9.17, 15) is 14.4 Å². The molecule has 5 nitrogen and oxygen atoms in total. The molecule has 3 amide bonds. The highest BCUT2D eigenvalue weighted by Gasteiger charge is 2.38. The first-order chi connectivity index (χ1) is 13.8. The first kappa shape index (κ1) is 19.4. The highest BCUT2D eigenvalue weighted by molar-refractivity contribution is 6.35. The molecule has 150 valence electrons. The predicted molar refractivity (Wildman–Crippen MR) is 112 cm³/mol. The number of hydrogen-bond donors (Lipinski definition) is 1. The second-order valence-corrected chi connectivity index (χ2v) is 8.43. The molecule has 2 aromatic rings. The van der Waals surface area contributed by atoms with E-state index in [4.69, 9.17) is 0 Å². The Labute approximate surface area is 171 Å². The lowest BCUT2D eigenvalue weighted by atomic mass is 9.87. The third-order valence-electron chi connectivity index (χ3n) is 6.11. The second-order valence-electron chi connectivity index (χ2n) is 8.43. The van der Waals surface area contributed by atoms with E-state index in [2.05, 4.69) is 12.2 Å². The molecule has 1 saturated carbocycles. The van der Waals surface area contributed by atoms with Gasteiger partial charge < -0.3 is 5.32 Å². The van der Waals surface area contributed by atoms with E-state index in [1.807, 2.05) is 32.0 Å². The van der Waals surface area contributed by atoms with Crippen molar-refractivity contribution in [3.8, 4) is 0 Å². The van der Waals surface area contributed by atoms with Crippen LogP contribution < -0.4 is 10.2 Å². The number of aryl methyl sites for hydroxylation is 2. The number of nitrogens with one attached hydrogen (secondary N) is 1. The summed E-state index contributed by atoms with van der Waals surface area (Å²) in [4.78, 5) is 39.9. The van der Waals surface area contributed by atoms with Crippen molar-refractivity contribution in [1.29, 1.82) is 0 Å². The summed E-state index contributed by atoms with van der Waals surface area (Å²) in [6, 6.07) is 10.7. The van der Waals surface area contributed by atoms with E-state index in [1.165, 1.54) is 4.90 Å². The van der Waals surface area contributed by atoms with Gasteiger partial charge in [-0.2, -0.15) is 0 Å². The zero-order valence-corrected chi connectivity index (χ0v) is 17.1. The van der Waals surface area contributed by atoms with E-state index in [0.717, 1.165) is 36.8 Å². The molecule has 29 heavy (non-hydrogen) atoms. The van der Waals surface area contributed by atoms with Gasteiger partial charge in [-0.05, 0) is 80.8 Å². The maximum atomic E-state index is 13.0. The third-order valence-corrected chi connectivity index (χ3v) is 6.11. The van der Waals surface area contributed by atoms with Crippen molar-refractivity contribution in [1.82, 2.24) is 5.32 Å². The Morgan fingerprint density at radius 2 is 1.62 bits per heavy atom. The molecule has 0 spiro atoms. The number of fused-ring (bicyclic) bond motifs is 1. The largest absolute Gasteiger partial charge is 0.349 e.